The summed E-state index contributed by atoms with van der Waals surface area (Å²) in [4.78, 5) is 64.4. The maximum absolute atomic E-state index is 14.5. The fraction of sp³-hybridized carbons (Fsp3) is 0.171. The second-order valence-corrected chi connectivity index (χ2v) is 12.9. The van der Waals surface area contributed by atoms with E-state index in [9.17, 15) is 24.5 Å². The van der Waals surface area contributed by atoms with E-state index in [1.54, 1.807) is 32.0 Å². The van der Waals surface area contributed by atoms with Crippen molar-refractivity contribution in [1.29, 1.82) is 0 Å². The number of aryl methyl sites for hydroxylation is 1. The van der Waals surface area contributed by atoms with Crippen LogP contribution in [0.5, 0.6) is 11.5 Å². The first kappa shape index (κ1) is 34.1. The molecule has 0 spiro atoms. The highest BCUT2D eigenvalue weighted by Gasteiger charge is 2.35. The molecule has 50 heavy (non-hydrogen) atoms. The largest absolute Gasteiger partial charge is 0.493 e. The molecule has 15 heteroatoms. The van der Waals surface area contributed by atoms with E-state index >= 15 is 0 Å². The van der Waals surface area contributed by atoms with Gasteiger partial charge in [0, 0.05) is 34.4 Å². The predicted octanol–water partition coefficient (Wildman–Crippen LogP) is 4.40. The van der Waals surface area contributed by atoms with Gasteiger partial charge in [-0.3, -0.25) is 24.3 Å². The van der Waals surface area contributed by atoms with Crippen molar-refractivity contribution in [3.63, 3.8) is 0 Å². The molecule has 3 aromatic carbocycles. The number of hydrogen-bond acceptors (Lipinski definition) is 12. The van der Waals surface area contributed by atoms with Crippen LogP contribution in [0.4, 0.5) is 5.69 Å². The lowest BCUT2D eigenvalue weighted by molar-refractivity contribution is -0.384. The van der Waals surface area contributed by atoms with Crippen molar-refractivity contribution in [3.8, 4) is 11.5 Å². The summed E-state index contributed by atoms with van der Waals surface area (Å²) in [7, 11) is 2.99. The minimum atomic E-state index is -0.997. The third-order valence-electron chi connectivity index (χ3n) is 7.64. The van der Waals surface area contributed by atoms with Gasteiger partial charge in [-0.2, -0.15) is 0 Å². The molecular weight excluding hydrogens is 683 g/mol. The van der Waals surface area contributed by atoms with Crippen molar-refractivity contribution < 1.29 is 23.9 Å². The molecule has 6 rings (SSSR count). The normalized spacial score (nSPS) is 14.2. The number of fused-ring (bicyclic) bond motifs is 1. The van der Waals surface area contributed by atoms with Crippen LogP contribution in [0.2, 0.25) is 0 Å². The van der Waals surface area contributed by atoms with Crippen LogP contribution in [0.1, 0.15) is 35.3 Å². The van der Waals surface area contributed by atoms with Gasteiger partial charge in [-0.25, -0.2) is 14.8 Å². The number of benzene rings is 3. The first-order valence-corrected chi connectivity index (χ1v) is 16.8. The molecule has 0 unspecified atom stereocenters. The number of carbonyl (C=O) groups is 1. The number of nitrogens with zero attached hydrogens (tertiary/aromatic N) is 4. The van der Waals surface area contributed by atoms with Crippen LogP contribution in [0.3, 0.4) is 0 Å². The quantitative estimate of drug-likeness (QED) is 0.0949. The number of H-pyrrole nitrogens is 1. The zero-order chi connectivity index (χ0) is 35.5. The van der Waals surface area contributed by atoms with E-state index in [-0.39, 0.29) is 37.9 Å². The van der Waals surface area contributed by atoms with E-state index in [0.29, 0.717) is 44.5 Å². The van der Waals surface area contributed by atoms with E-state index in [4.69, 9.17) is 19.2 Å². The van der Waals surface area contributed by atoms with Gasteiger partial charge in [-0.05, 0) is 49.2 Å². The average molecular weight is 712 g/mol. The molecule has 0 bridgehead atoms. The highest BCUT2D eigenvalue weighted by Crippen LogP contribution is 2.38. The Bertz CT molecular complexity index is 2420. The SMILES string of the molecule is CCOC(=O)C1=C(c2ccccc2)N=c2s/c(=C/c3cc([N+](=O)[O-])ccc3Sc3nc(C)cc(=O)[nH]3)c(=O)n2[C@@H]1c1ccc(OC)c(OC)c1. The van der Waals surface area contributed by atoms with E-state index in [0.717, 1.165) is 23.1 Å². The summed E-state index contributed by atoms with van der Waals surface area (Å²) in [6.07, 6.45) is 1.54. The maximum atomic E-state index is 14.5. The molecule has 1 aliphatic heterocycles. The van der Waals surface area contributed by atoms with Crippen LogP contribution in [0.25, 0.3) is 11.8 Å². The van der Waals surface area contributed by atoms with Gasteiger partial charge in [0.2, 0.25) is 0 Å². The number of nitro groups is 1. The zero-order valence-electron chi connectivity index (χ0n) is 27.2. The molecule has 1 aliphatic rings. The molecule has 5 aromatic rings. The van der Waals surface area contributed by atoms with Gasteiger partial charge in [-0.1, -0.05) is 59.5 Å². The highest BCUT2D eigenvalue weighted by atomic mass is 32.2. The fourth-order valence-electron chi connectivity index (χ4n) is 5.48. The number of ether oxygens (including phenoxy) is 3. The van der Waals surface area contributed by atoms with E-state index in [1.165, 1.54) is 49.1 Å². The van der Waals surface area contributed by atoms with Crippen LogP contribution >= 0.6 is 23.1 Å². The lowest BCUT2D eigenvalue weighted by Gasteiger charge is -2.26. The first-order chi connectivity index (χ1) is 24.1. The molecule has 0 amide bonds. The van der Waals surface area contributed by atoms with Gasteiger partial charge < -0.3 is 19.2 Å². The Hall–Kier alpha value is -5.80. The lowest BCUT2D eigenvalue weighted by atomic mass is 9.93. The summed E-state index contributed by atoms with van der Waals surface area (Å²) < 4.78 is 18.2. The average Bonchev–Trinajstić information content (AvgIpc) is 3.41. The molecule has 0 saturated heterocycles. The number of aromatic amines is 1. The monoisotopic (exact) mass is 711 g/mol. The molecule has 1 atom stereocenters. The molecule has 1 N–H and O–H groups in total. The van der Waals surface area contributed by atoms with Crippen molar-refractivity contribution in [1.82, 2.24) is 14.5 Å². The van der Waals surface area contributed by atoms with E-state index < -0.39 is 22.5 Å². The van der Waals surface area contributed by atoms with Crippen molar-refractivity contribution >= 4 is 46.5 Å². The molecule has 0 saturated carbocycles. The Labute approximate surface area is 292 Å². The van der Waals surface area contributed by atoms with Gasteiger partial charge in [-0.15, -0.1) is 0 Å². The van der Waals surface area contributed by atoms with Gasteiger partial charge >= 0.3 is 5.97 Å². The fourth-order valence-corrected chi connectivity index (χ4v) is 7.39. The number of nitro benzene ring substituents is 1. The number of carbonyl (C=O) groups excluding carboxylic acids is 1. The topological polar surface area (TPSA) is 168 Å². The Kier molecular flexibility index (Phi) is 9.79. The Balaban J connectivity index is 1.63. The molecule has 2 aromatic heterocycles. The number of non-ortho nitro benzene ring substituents is 1. The second-order valence-electron chi connectivity index (χ2n) is 10.8. The number of hydrogen-bond donors (Lipinski definition) is 1. The number of nitrogens with one attached hydrogen (secondary N) is 1. The van der Waals surface area contributed by atoms with Crippen LogP contribution < -0.4 is 29.9 Å². The summed E-state index contributed by atoms with van der Waals surface area (Å²) in [5.74, 6) is 0.185. The smallest absolute Gasteiger partial charge is 0.338 e. The number of rotatable bonds is 10. The van der Waals surface area contributed by atoms with E-state index in [1.807, 2.05) is 30.3 Å². The Morgan fingerprint density at radius 1 is 1.06 bits per heavy atom. The second kappa shape index (κ2) is 14.4. The minimum Gasteiger partial charge on any atom is -0.493 e. The van der Waals surface area contributed by atoms with Crippen molar-refractivity contribution in [2.45, 2.75) is 29.9 Å². The van der Waals surface area contributed by atoms with Gasteiger partial charge in [0.05, 0.1) is 47.6 Å². The standard InChI is InChI=1S/C35H29N5O8S2/c1-5-48-33(43)29-30(20-9-7-6-8-10-20)38-35-39(31(29)21-11-13-24(46-3)25(17-21)47-4)32(42)27(50-35)18-22-16-23(40(44)45)12-14-26(22)49-34-36-19(2)15-28(41)37-34/h6-18,31H,5H2,1-4H3,(H,36,37,41)/b27-18+/t31-/m1/s1. The lowest BCUT2D eigenvalue weighted by Crippen LogP contribution is -2.40. The zero-order valence-corrected chi connectivity index (χ0v) is 28.8. The molecule has 13 nitrogen and oxygen atoms in total. The Morgan fingerprint density at radius 3 is 2.50 bits per heavy atom. The summed E-state index contributed by atoms with van der Waals surface area (Å²) in [5, 5.41) is 12.1. The van der Waals surface area contributed by atoms with Gasteiger partial charge in [0.15, 0.2) is 21.5 Å². The van der Waals surface area contributed by atoms with Crippen LogP contribution in [-0.2, 0) is 9.53 Å². The van der Waals surface area contributed by atoms with Crippen LogP contribution in [0.15, 0.2) is 103 Å². The number of methoxy groups -OCH3 is 2. The van der Waals surface area contributed by atoms with Crippen LogP contribution in [-0.4, -0.2) is 46.3 Å². The molecule has 0 aliphatic carbocycles. The Morgan fingerprint density at radius 2 is 1.82 bits per heavy atom. The number of esters is 1. The maximum Gasteiger partial charge on any atom is 0.338 e. The summed E-state index contributed by atoms with van der Waals surface area (Å²) >= 11 is 2.16. The summed E-state index contributed by atoms with van der Waals surface area (Å²) in [5.41, 5.74) is 1.44. The van der Waals surface area contributed by atoms with Crippen molar-refractivity contribution in [2.75, 3.05) is 20.8 Å². The van der Waals surface area contributed by atoms with E-state index in [2.05, 4.69) is 9.97 Å². The third kappa shape index (κ3) is 6.73. The van der Waals surface area contributed by atoms with Gasteiger partial charge in [0.1, 0.15) is 0 Å². The molecular formula is C35H29N5O8S2. The summed E-state index contributed by atoms with van der Waals surface area (Å²) in [6.45, 7) is 3.46. The minimum absolute atomic E-state index is 0.0851. The molecule has 254 valence electrons. The summed E-state index contributed by atoms with van der Waals surface area (Å²) in [6, 6.07) is 18.8. The predicted molar refractivity (Wildman–Crippen MR) is 187 cm³/mol. The molecule has 0 radical (unpaired) electrons. The first-order valence-electron chi connectivity index (χ1n) is 15.2. The number of aromatic nitrogens is 3. The third-order valence-corrected chi connectivity index (χ3v) is 9.60. The highest BCUT2D eigenvalue weighted by molar-refractivity contribution is 7.99. The molecule has 3 heterocycles. The molecule has 0 fully saturated rings. The van der Waals surface area contributed by atoms with Crippen LogP contribution in [0, 0.1) is 17.0 Å². The van der Waals surface area contributed by atoms with Crippen molar-refractivity contribution in [3.05, 3.63) is 141 Å². The van der Waals surface area contributed by atoms with Gasteiger partial charge in [0.25, 0.3) is 16.8 Å². The van der Waals surface area contributed by atoms with Crippen molar-refractivity contribution in [2.24, 2.45) is 4.99 Å². The number of thiazole rings is 1.